The van der Waals surface area contributed by atoms with Crippen LogP contribution in [-0.2, 0) is 16.0 Å². The van der Waals surface area contributed by atoms with Gasteiger partial charge in [-0.15, -0.1) is 0 Å². The number of hydrogen-bond acceptors (Lipinski definition) is 4. The third kappa shape index (κ3) is 3.55. The second kappa shape index (κ2) is 6.49. The number of nitrogens with one attached hydrogen (secondary N) is 2. The first-order chi connectivity index (χ1) is 9.58. The highest BCUT2D eigenvalue weighted by Crippen LogP contribution is 2.19. The smallest absolute Gasteiger partial charge is 0.224 e. The van der Waals surface area contributed by atoms with Crippen LogP contribution in [0, 0.1) is 5.92 Å². The minimum atomic E-state index is -0.104. The van der Waals surface area contributed by atoms with Gasteiger partial charge in [0.15, 0.2) is 0 Å². The molecule has 2 heterocycles. The number of aromatic amines is 1. The first kappa shape index (κ1) is 14.5. The van der Waals surface area contributed by atoms with Crippen LogP contribution in [0.15, 0.2) is 6.20 Å². The molecule has 0 aliphatic carbocycles. The standard InChI is InChI=1S/C13H21N5O2/c1-9(2)18-8-10(3-4-12(18)19)13(20)14-6-5-11-7-15-17-16-11/h7,9-10H,3-6,8H2,1-2H3,(H,14,20)(H,15,16,17)/t10-/m1/s1. The lowest BCUT2D eigenvalue weighted by molar-refractivity contribution is -0.139. The fraction of sp³-hybridized carbons (Fsp3) is 0.692. The van der Waals surface area contributed by atoms with E-state index in [9.17, 15) is 9.59 Å². The molecule has 0 bridgehead atoms. The molecule has 1 aliphatic rings. The van der Waals surface area contributed by atoms with Gasteiger partial charge in [0.25, 0.3) is 0 Å². The van der Waals surface area contributed by atoms with Crippen LogP contribution in [0.5, 0.6) is 0 Å². The van der Waals surface area contributed by atoms with Crippen LogP contribution >= 0.6 is 0 Å². The number of rotatable bonds is 5. The Hall–Kier alpha value is -1.92. The Balaban J connectivity index is 1.79. The first-order valence-corrected chi connectivity index (χ1v) is 6.99. The predicted molar refractivity (Wildman–Crippen MR) is 72.7 cm³/mol. The quantitative estimate of drug-likeness (QED) is 0.800. The highest BCUT2D eigenvalue weighted by atomic mass is 16.2. The molecule has 0 radical (unpaired) electrons. The molecular formula is C13H21N5O2. The van der Waals surface area contributed by atoms with E-state index in [-0.39, 0.29) is 23.8 Å². The molecule has 1 atom stereocenters. The summed E-state index contributed by atoms with van der Waals surface area (Å²) < 4.78 is 0. The van der Waals surface area contributed by atoms with Gasteiger partial charge in [0.05, 0.1) is 17.8 Å². The molecule has 2 rings (SSSR count). The second-order valence-electron chi connectivity index (χ2n) is 5.38. The van der Waals surface area contributed by atoms with Crippen molar-refractivity contribution in [2.75, 3.05) is 13.1 Å². The SMILES string of the molecule is CC(C)N1C[C@H](C(=O)NCCc2cn[nH]n2)CCC1=O. The topological polar surface area (TPSA) is 91.0 Å². The average molecular weight is 279 g/mol. The molecule has 0 spiro atoms. The maximum atomic E-state index is 12.1. The van der Waals surface area contributed by atoms with Gasteiger partial charge in [-0.3, -0.25) is 9.59 Å². The van der Waals surface area contributed by atoms with Crippen LogP contribution in [0.1, 0.15) is 32.4 Å². The predicted octanol–water partition coefficient (Wildman–Crippen LogP) is 0.110. The molecule has 110 valence electrons. The number of hydrogen-bond donors (Lipinski definition) is 2. The maximum Gasteiger partial charge on any atom is 0.224 e. The van der Waals surface area contributed by atoms with Crippen molar-refractivity contribution in [1.29, 1.82) is 0 Å². The molecule has 1 aliphatic heterocycles. The van der Waals surface area contributed by atoms with Crippen LogP contribution in [0.25, 0.3) is 0 Å². The fourth-order valence-corrected chi connectivity index (χ4v) is 2.39. The molecule has 0 unspecified atom stereocenters. The zero-order chi connectivity index (χ0) is 14.5. The van der Waals surface area contributed by atoms with Crippen molar-refractivity contribution in [3.8, 4) is 0 Å². The Morgan fingerprint density at radius 2 is 2.40 bits per heavy atom. The normalized spacial score (nSPS) is 19.4. The lowest BCUT2D eigenvalue weighted by Crippen LogP contribution is -2.48. The molecule has 1 fully saturated rings. The van der Waals surface area contributed by atoms with Gasteiger partial charge in [-0.2, -0.15) is 15.4 Å². The number of piperidine rings is 1. The van der Waals surface area contributed by atoms with Crippen molar-refractivity contribution < 1.29 is 9.59 Å². The fourth-order valence-electron chi connectivity index (χ4n) is 2.39. The van der Waals surface area contributed by atoms with Crippen LogP contribution in [0.3, 0.4) is 0 Å². The Bertz CT molecular complexity index is 457. The molecule has 0 aromatic carbocycles. The number of aromatic nitrogens is 3. The van der Waals surface area contributed by atoms with E-state index in [1.54, 1.807) is 11.1 Å². The molecule has 1 aromatic rings. The summed E-state index contributed by atoms with van der Waals surface area (Å²) in [5, 5.41) is 13.1. The van der Waals surface area contributed by atoms with Crippen LogP contribution in [-0.4, -0.2) is 51.3 Å². The van der Waals surface area contributed by atoms with Gasteiger partial charge in [0.1, 0.15) is 0 Å². The Labute approximate surface area is 118 Å². The summed E-state index contributed by atoms with van der Waals surface area (Å²) in [6.07, 6.45) is 3.39. The van der Waals surface area contributed by atoms with E-state index in [4.69, 9.17) is 0 Å². The van der Waals surface area contributed by atoms with E-state index in [0.29, 0.717) is 32.4 Å². The summed E-state index contributed by atoms with van der Waals surface area (Å²) in [6, 6.07) is 0.147. The van der Waals surface area contributed by atoms with E-state index in [2.05, 4.69) is 20.7 Å². The van der Waals surface area contributed by atoms with Gasteiger partial charge < -0.3 is 10.2 Å². The lowest BCUT2D eigenvalue weighted by atomic mass is 9.95. The van der Waals surface area contributed by atoms with Crippen LogP contribution in [0.2, 0.25) is 0 Å². The number of carbonyl (C=O) groups excluding carboxylic acids is 2. The monoisotopic (exact) mass is 279 g/mol. The zero-order valence-electron chi connectivity index (χ0n) is 11.9. The molecule has 20 heavy (non-hydrogen) atoms. The summed E-state index contributed by atoms with van der Waals surface area (Å²) in [5.41, 5.74) is 0.827. The number of carbonyl (C=O) groups is 2. The largest absolute Gasteiger partial charge is 0.355 e. The molecule has 2 N–H and O–H groups in total. The summed E-state index contributed by atoms with van der Waals surface area (Å²) >= 11 is 0. The van der Waals surface area contributed by atoms with Gasteiger partial charge in [-0.25, -0.2) is 0 Å². The molecule has 1 saturated heterocycles. The van der Waals surface area contributed by atoms with Gasteiger partial charge in [-0.1, -0.05) is 0 Å². The number of H-pyrrole nitrogens is 1. The van der Waals surface area contributed by atoms with Crippen molar-refractivity contribution in [2.45, 2.75) is 39.2 Å². The highest BCUT2D eigenvalue weighted by Gasteiger charge is 2.31. The molecule has 2 amide bonds. The van der Waals surface area contributed by atoms with Crippen LogP contribution in [0.4, 0.5) is 0 Å². The number of amides is 2. The Morgan fingerprint density at radius 1 is 1.60 bits per heavy atom. The highest BCUT2D eigenvalue weighted by molar-refractivity contribution is 5.83. The van der Waals surface area contributed by atoms with E-state index in [0.717, 1.165) is 5.69 Å². The molecular weight excluding hydrogens is 258 g/mol. The van der Waals surface area contributed by atoms with Crippen molar-refractivity contribution in [3.05, 3.63) is 11.9 Å². The van der Waals surface area contributed by atoms with E-state index >= 15 is 0 Å². The van der Waals surface area contributed by atoms with Crippen molar-refractivity contribution in [1.82, 2.24) is 25.6 Å². The summed E-state index contributed by atoms with van der Waals surface area (Å²) in [6.45, 7) is 5.01. The van der Waals surface area contributed by atoms with Gasteiger partial charge in [0.2, 0.25) is 11.8 Å². The van der Waals surface area contributed by atoms with E-state index < -0.39 is 0 Å². The second-order valence-corrected chi connectivity index (χ2v) is 5.38. The van der Waals surface area contributed by atoms with Gasteiger partial charge in [-0.05, 0) is 20.3 Å². The minimum Gasteiger partial charge on any atom is -0.355 e. The average Bonchev–Trinajstić information content (AvgIpc) is 2.92. The summed E-state index contributed by atoms with van der Waals surface area (Å²) in [7, 11) is 0. The maximum absolute atomic E-state index is 12.1. The third-order valence-corrected chi connectivity index (χ3v) is 3.58. The van der Waals surface area contributed by atoms with E-state index in [1.165, 1.54) is 0 Å². The Kier molecular flexibility index (Phi) is 4.70. The minimum absolute atomic E-state index is 0.0200. The zero-order valence-corrected chi connectivity index (χ0v) is 11.9. The number of nitrogens with zero attached hydrogens (tertiary/aromatic N) is 3. The van der Waals surface area contributed by atoms with Gasteiger partial charge >= 0.3 is 0 Å². The number of likely N-dealkylation sites (tertiary alicyclic amines) is 1. The molecule has 1 aromatic heterocycles. The molecule has 0 saturated carbocycles. The molecule has 7 nitrogen and oxygen atoms in total. The summed E-state index contributed by atoms with van der Waals surface area (Å²) in [5.74, 6) is 0.0608. The van der Waals surface area contributed by atoms with Crippen LogP contribution < -0.4 is 5.32 Å². The Morgan fingerprint density at radius 3 is 3.05 bits per heavy atom. The first-order valence-electron chi connectivity index (χ1n) is 6.99. The summed E-state index contributed by atoms with van der Waals surface area (Å²) in [4.78, 5) is 25.6. The van der Waals surface area contributed by atoms with Gasteiger partial charge in [0, 0.05) is 32.0 Å². The van der Waals surface area contributed by atoms with Crippen molar-refractivity contribution in [2.24, 2.45) is 5.92 Å². The van der Waals surface area contributed by atoms with E-state index in [1.807, 2.05) is 13.8 Å². The van der Waals surface area contributed by atoms with Crippen molar-refractivity contribution >= 4 is 11.8 Å². The van der Waals surface area contributed by atoms with Crippen molar-refractivity contribution in [3.63, 3.8) is 0 Å². The third-order valence-electron chi connectivity index (χ3n) is 3.58. The lowest BCUT2D eigenvalue weighted by Gasteiger charge is -2.34. The molecule has 7 heteroatoms.